The summed E-state index contributed by atoms with van der Waals surface area (Å²) in [5.41, 5.74) is 1.33. The first-order valence-electron chi connectivity index (χ1n) is 11.8. The number of guanidine groups is 1. The van der Waals surface area contributed by atoms with Gasteiger partial charge in [0.1, 0.15) is 5.75 Å². The number of hydrogen-bond acceptors (Lipinski definition) is 5. The molecule has 174 valence electrons. The van der Waals surface area contributed by atoms with E-state index in [1.165, 1.54) is 31.2 Å². The molecule has 0 aromatic heterocycles. The lowest BCUT2D eigenvalue weighted by Crippen LogP contribution is -2.45. The van der Waals surface area contributed by atoms with Gasteiger partial charge in [-0.15, -0.1) is 0 Å². The van der Waals surface area contributed by atoms with E-state index >= 15 is 0 Å². The Morgan fingerprint density at radius 1 is 1.06 bits per heavy atom. The summed E-state index contributed by atoms with van der Waals surface area (Å²) in [6, 6.07) is 8.85. The van der Waals surface area contributed by atoms with Crippen LogP contribution in [0.2, 0.25) is 0 Å². The number of piperidine rings is 1. The highest BCUT2D eigenvalue weighted by Gasteiger charge is 2.24. The third-order valence-electron chi connectivity index (χ3n) is 6.65. The van der Waals surface area contributed by atoms with Crippen molar-refractivity contribution in [2.45, 2.75) is 31.7 Å². The van der Waals surface area contributed by atoms with E-state index in [-0.39, 0.29) is 0 Å². The lowest BCUT2D eigenvalue weighted by molar-refractivity contribution is 0.121. The Bertz CT molecular complexity index is 652. The van der Waals surface area contributed by atoms with Crippen LogP contribution in [0.1, 0.15) is 37.3 Å². The van der Waals surface area contributed by atoms with E-state index in [9.17, 15) is 0 Å². The summed E-state index contributed by atoms with van der Waals surface area (Å²) in [5, 5.41) is 7.16. The van der Waals surface area contributed by atoms with Crippen LogP contribution >= 0.6 is 0 Å². The van der Waals surface area contributed by atoms with Gasteiger partial charge in [0.25, 0.3) is 0 Å². The highest BCUT2D eigenvalue weighted by molar-refractivity contribution is 5.79. The van der Waals surface area contributed by atoms with Gasteiger partial charge in [-0.1, -0.05) is 12.1 Å². The highest BCUT2D eigenvalue weighted by atomic mass is 16.5. The lowest BCUT2D eigenvalue weighted by Gasteiger charge is -2.32. The van der Waals surface area contributed by atoms with Gasteiger partial charge in [-0.05, 0) is 75.5 Å². The van der Waals surface area contributed by atoms with Gasteiger partial charge in [-0.2, -0.15) is 0 Å². The van der Waals surface area contributed by atoms with Gasteiger partial charge in [0.05, 0.1) is 19.8 Å². The maximum absolute atomic E-state index is 5.34. The minimum absolute atomic E-state index is 0.343. The molecule has 0 amide bonds. The molecule has 2 heterocycles. The number of aliphatic imine (C=N–C) groups is 1. The molecule has 1 aromatic carbocycles. The van der Waals surface area contributed by atoms with Crippen LogP contribution in [0, 0.1) is 5.92 Å². The van der Waals surface area contributed by atoms with E-state index in [0.717, 1.165) is 64.1 Å². The summed E-state index contributed by atoms with van der Waals surface area (Å²) >= 11 is 0. The van der Waals surface area contributed by atoms with Crippen LogP contribution in [0.15, 0.2) is 29.3 Å². The van der Waals surface area contributed by atoms with Crippen LogP contribution in [0.25, 0.3) is 0 Å². The molecule has 0 bridgehead atoms. The third kappa shape index (κ3) is 7.37. The molecule has 7 heteroatoms. The largest absolute Gasteiger partial charge is 0.497 e. The van der Waals surface area contributed by atoms with Gasteiger partial charge in [-0.25, -0.2) is 0 Å². The second-order valence-corrected chi connectivity index (χ2v) is 8.64. The Morgan fingerprint density at radius 3 is 2.39 bits per heavy atom. The van der Waals surface area contributed by atoms with Crippen LogP contribution in [0.4, 0.5) is 0 Å². The molecule has 1 aromatic rings. The molecular formula is C24H41N5O2. The van der Waals surface area contributed by atoms with Crippen LogP contribution in [-0.4, -0.2) is 89.4 Å². The minimum Gasteiger partial charge on any atom is -0.497 e. The standard InChI is InChI=1S/C24H41N5O2/c1-25-24(26-18-20-10-14-28(15-11-20)16-17-30-2)27-19-23(29-12-4-5-13-29)21-6-8-22(31-3)9-7-21/h6-9,20,23H,4-5,10-19H2,1-3H3,(H2,25,26,27). The first-order valence-corrected chi connectivity index (χ1v) is 11.8. The topological polar surface area (TPSA) is 61.4 Å². The summed E-state index contributed by atoms with van der Waals surface area (Å²) in [7, 11) is 5.35. The zero-order valence-electron chi connectivity index (χ0n) is 19.6. The molecule has 3 rings (SSSR count). The van der Waals surface area contributed by atoms with Crippen molar-refractivity contribution in [2.75, 3.05) is 73.7 Å². The van der Waals surface area contributed by atoms with Crippen LogP contribution in [0.5, 0.6) is 5.75 Å². The molecule has 0 saturated carbocycles. The van der Waals surface area contributed by atoms with E-state index in [1.807, 2.05) is 7.05 Å². The second kappa shape index (κ2) is 12.9. The lowest BCUT2D eigenvalue weighted by atomic mass is 9.97. The van der Waals surface area contributed by atoms with Crippen molar-refractivity contribution in [1.29, 1.82) is 0 Å². The van der Waals surface area contributed by atoms with Crippen molar-refractivity contribution in [3.63, 3.8) is 0 Å². The number of likely N-dealkylation sites (tertiary alicyclic amines) is 2. The molecule has 1 unspecified atom stereocenters. The van der Waals surface area contributed by atoms with Crippen LogP contribution < -0.4 is 15.4 Å². The Morgan fingerprint density at radius 2 is 1.77 bits per heavy atom. The zero-order chi connectivity index (χ0) is 21.9. The summed E-state index contributed by atoms with van der Waals surface area (Å²) in [6.45, 7) is 8.34. The van der Waals surface area contributed by atoms with Crippen molar-refractivity contribution in [3.8, 4) is 5.75 Å². The molecule has 2 aliphatic heterocycles. The summed E-state index contributed by atoms with van der Waals surface area (Å²) in [6.07, 6.45) is 5.03. The van der Waals surface area contributed by atoms with E-state index in [0.29, 0.717) is 12.0 Å². The van der Waals surface area contributed by atoms with E-state index in [1.54, 1.807) is 14.2 Å². The van der Waals surface area contributed by atoms with Gasteiger partial charge >= 0.3 is 0 Å². The average molecular weight is 432 g/mol. The number of benzene rings is 1. The summed E-state index contributed by atoms with van der Waals surface area (Å²) in [4.78, 5) is 9.56. The molecule has 1 atom stereocenters. The first kappa shape index (κ1) is 23.8. The van der Waals surface area contributed by atoms with Crippen LogP contribution in [-0.2, 0) is 4.74 Å². The summed E-state index contributed by atoms with van der Waals surface area (Å²) < 4.78 is 10.5. The number of hydrogen-bond donors (Lipinski definition) is 2. The van der Waals surface area contributed by atoms with Crippen molar-refractivity contribution < 1.29 is 9.47 Å². The number of nitrogens with zero attached hydrogens (tertiary/aromatic N) is 3. The molecular weight excluding hydrogens is 390 g/mol. The van der Waals surface area contributed by atoms with Gasteiger partial charge in [0, 0.05) is 33.8 Å². The number of ether oxygens (including phenoxy) is 2. The monoisotopic (exact) mass is 431 g/mol. The molecule has 7 nitrogen and oxygen atoms in total. The maximum atomic E-state index is 5.34. The SMILES string of the molecule is CN=C(NCC1CCN(CCOC)CC1)NCC(c1ccc(OC)cc1)N1CCCC1. The van der Waals surface area contributed by atoms with Gasteiger partial charge in [0.2, 0.25) is 0 Å². The Hall–Kier alpha value is -1.83. The van der Waals surface area contributed by atoms with Gasteiger partial charge in [-0.3, -0.25) is 9.89 Å². The van der Waals surface area contributed by atoms with Crippen LogP contribution in [0.3, 0.4) is 0 Å². The predicted molar refractivity (Wildman–Crippen MR) is 127 cm³/mol. The number of methoxy groups -OCH3 is 2. The number of nitrogens with one attached hydrogen (secondary N) is 2. The normalized spacial score (nSPS) is 20.0. The molecule has 0 spiro atoms. The second-order valence-electron chi connectivity index (χ2n) is 8.64. The fourth-order valence-corrected chi connectivity index (χ4v) is 4.63. The average Bonchev–Trinajstić information content (AvgIpc) is 3.35. The van der Waals surface area contributed by atoms with Gasteiger partial charge < -0.3 is 25.0 Å². The molecule has 2 fully saturated rings. The number of rotatable bonds is 10. The minimum atomic E-state index is 0.343. The van der Waals surface area contributed by atoms with E-state index in [4.69, 9.17) is 9.47 Å². The zero-order valence-corrected chi connectivity index (χ0v) is 19.6. The van der Waals surface area contributed by atoms with E-state index in [2.05, 4.69) is 49.7 Å². The van der Waals surface area contributed by atoms with Crippen molar-refractivity contribution >= 4 is 5.96 Å². The Kier molecular flexibility index (Phi) is 9.90. The Balaban J connectivity index is 1.48. The van der Waals surface area contributed by atoms with Crippen molar-refractivity contribution in [1.82, 2.24) is 20.4 Å². The molecule has 31 heavy (non-hydrogen) atoms. The molecule has 2 aliphatic rings. The van der Waals surface area contributed by atoms with Gasteiger partial charge in [0.15, 0.2) is 5.96 Å². The highest BCUT2D eigenvalue weighted by Crippen LogP contribution is 2.26. The van der Waals surface area contributed by atoms with E-state index < -0.39 is 0 Å². The first-order chi connectivity index (χ1) is 15.2. The Labute approximate surface area is 188 Å². The molecule has 0 radical (unpaired) electrons. The smallest absolute Gasteiger partial charge is 0.191 e. The third-order valence-corrected chi connectivity index (χ3v) is 6.65. The summed E-state index contributed by atoms with van der Waals surface area (Å²) in [5.74, 6) is 2.51. The fourth-order valence-electron chi connectivity index (χ4n) is 4.63. The predicted octanol–water partition coefficient (Wildman–Crippen LogP) is 2.36. The molecule has 0 aliphatic carbocycles. The van der Waals surface area contributed by atoms with Crippen molar-refractivity contribution in [2.24, 2.45) is 10.9 Å². The molecule has 2 saturated heterocycles. The maximum Gasteiger partial charge on any atom is 0.191 e. The molecule has 2 N–H and O–H groups in total. The fraction of sp³-hybridized carbons (Fsp3) is 0.708. The quantitative estimate of drug-likeness (QED) is 0.438. The van der Waals surface area contributed by atoms with Crippen molar-refractivity contribution in [3.05, 3.63) is 29.8 Å².